The van der Waals surface area contributed by atoms with Crippen LogP contribution in [0.5, 0.6) is 0 Å². The Morgan fingerprint density at radius 2 is 1.24 bits per heavy atom. The first-order chi connectivity index (χ1) is 15.3. The van der Waals surface area contributed by atoms with Crippen LogP contribution in [0.15, 0.2) is 0 Å². The minimum absolute atomic E-state index is 0.105. The Hall–Kier alpha value is -3.51. The maximum Gasteiger partial charge on any atom is 0.438 e. The number of anilines is 1. The van der Waals surface area contributed by atoms with Crippen LogP contribution < -0.4 is 4.90 Å². The minimum atomic E-state index is -1.31. The van der Waals surface area contributed by atoms with Gasteiger partial charge < -0.3 is 18.9 Å². The van der Waals surface area contributed by atoms with Crippen molar-refractivity contribution in [3.63, 3.8) is 0 Å². The predicted molar refractivity (Wildman–Crippen MR) is 118 cm³/mol. The lowest BCUT2D eigenvalue weighted by atomic mass is 10.2. The third kappa shape index (κ3) is 8.45. The van der Waals surface area contributed by atoms with Crippen molar-refractivity contribution in [2.45, 2.75) is 86.0 Å². The van der Waals surface area contributed by atoms with Gasteiger partial charge in [-0.05, 0) is 69.2 Å². The molecule has 1 rings (SSSR count). The Morgan fingerprint density at radius 3 is 1.62 bits per heavy atom. The quantitative estimate of drug-likeness (QED) is 0.267. The second-order valence-corrected chi connectivity index (χ2v) is 9.97. The van der Waals surface area contributed by atoms with E-state index in [2.05, 4.69) is 14.8 Å². The van der Waals surface area contributed by atoms with E-state index in [9.17, 15) is 24.0 Å². The molecule has 0 spiro atoms. The highest BCUT2D eigenvalue weighted by Gasteiger charge is 2.40. The third-order valence-corrected chi connectivity index (χ3v) is 3.17. The van der Waals surface area contributed by atoms with E-state index >= 15 is 0 Å². The van der Waals surface area contributed by atoms with E-state index in [0.29, 0.717) is 4.68 Å². The van der Waals surface area contributed by atoms with Crippen LogP contribution in [-0.4, -0.2) is 68.2 Å². The molecular formula is C21H32N4O9. The lowest BCUT2D eigenvalue weighted by Crippen LogP contribution is -2.45. The van der Waals surface area contributed by atoms with Gasteiger partial charge in [0.1, 0.15) is 16.8 Å². The predicted octanol–water partition coefficient (Wildman–Crippen LogP) is 3.48. The van der Waals surface area contributed by atoms with Crippen LogP contribution in [0.3, 0.4) is 0 Å². The van der Waals surface area contributed by atoms with Crippen LogP contribution in [0.2, 0.25) is 0 Å². The number of imide groups is 1. The summed E-state index contributed by atoms with van der Waals surface area (Å²) >= 11 is 0. The maximum atomic E-state index is 13.0. The summed E-state index contributed by atoms with van der Waals surface area (Å²) in [4.78, 5) is 67.1. The second kappa shape index (κ2) is 10.2. The Morgan fingerprint density at radius 1 is 0.794 bits per heavy atom. The molecule has 0 unspecified atom stereocenters. The standard InChI is InChI=1S/C21H32N4O9/c1-11-31-14(27)12(26)13-22-15(25(23-13)18(30)34-21(8,9)10)24(16(28)32-19(2,3)4)17(29)33-20(5,6)7/h11H2,1-10H3. The van der Waals surface area contributed by atoms with Gasteiger partial charge in [-0.15, -0.1) is 14.7 Å². The van der Waals surface area contributed by atoms with Crippen molar-refractivity contribution in [2.75, 3.05) is 11.5 Å². The van der Waals surface area contributed by atoms with Crippen molar-refractivity contribution in [2.24, 2.45) is 0 Å². The number of carbonyl (C=O) groups is 5. The first-order valence-electron chi connectivity index (χ1n) is 10.4. The van der Waals surface area contributed by atoms with Gasteiger partial charge in [-0.25, -0.2) is 19.2 Å². The number of ether oxygens (including phenoxy) is 4. The lowest BCUT2D eigenvalue weighted by Gasteiger charge is -2.28. The van der Waals surface area contributed by atoms with Gasteiger partial charge in [0.15, 0.2) is 0 Å². The van der Waals surface area contributed by atoms with Gasteiger partial charge >= 0.3 is 30.0 Å². The fourth-order valence-electron chi connectivity index (χ4n) is 2.11. The van der Waals surface area contributed by atoms with Crippen molar-refractivity contribution < 1.29 is 42.9 Å². The molecule has 0 aliphatic rings. The van der Waals surface area contributed by atoms with Gasteiger partial charge in [0.25, 0.3) is 5.95 Å². The average molecular weight is 485 g/mol. The van der Waals surface area contributed by atoms with Gasteiger partial charge in [-0.2, -0.15) is 4.98 Å². The molecule has 0 bridgehead atoms. The van der Waals surface area contributed by atoms with E-state index < -0.39 is 58.6 Å². The summed E-state index contributed by atoms with van der Waals surface area (Å²) in [5, 5.41) is 3.70. The molecule has 1 heterocycles. The van der Waals surface area contributed by atoms with Crippen LogP contribution in [0.25, 0.3) is 0 Å². The third-order valence-electron chi connectivity index (χ3n) is 3.17. The zero-order valence-corrected chi connectivity index (χ0v) is 21.2. The topological polar surface area (TPSA) is 156 Å². The van der Waals surface area contributed by atoms with Crippen LogP contribution in [0, 0.1) is 0 Å². The highest BCUT2D eigenvalue weighted by Crippen LogP contribution is 2.22. The number of rotatable bonds is 4. The molecule has 1 aromatic rings. The fourth-order valence-corrected chi connectivity index (χ4v) is 2.11. The number of aromatic nitrogens is 3. The van der Waals surface area contributed by atoms with Crippen LogP contribution in [0.4, 0.5) is 20.3 Å². The van der Waals surface area contributed by atoms with Gasteiger partial charge in [-0.1, -0.05) is 0 Å². The molecule has 0 fully saturated rings. The number of Topliss-reactive ketones (excluding diaryl/α,β-unsaturated/α-hetero) is 1. The van der Waals surface area contributed by atoms with Gasteiger partial charge in [0, 0.05) is 0 Å². The molecule has 0 saturated heterocycles. The summed E-state index contributed by atoms with van der Waals surface area (Å²) in [7, 11) is 0. The largest absolute Gasteiger partial charge is 0.460 e. The molecule has 0 aromatic carbocycles. The average Bonchev–Trinajstić information content (AvgIpc) is 3.01. The Balaban J connectivity index is 3.72. The number of nitrogens with zero attached hydrogens (tertiary/aromatic N) is 4. The van der Waals surface area contributed by atoms with E-state index in [1.54, 1.807) is 62.3 Å². The molecule has 0 atom stereocenters. The summed E-state index contributed by atoms with van der Waals surface area (Å²) in [5.74, 6) is -4.18. The number of carbonyl (C=O) groups excluding carboxylic acids is 5. The first-order valence-corrected chi connectivity index (χ1v) is 10.4. The SMILES string of the molecule is CCOC(=O)C(=O)c1nc(N(C(=O)OC(C)(C)C)C(=O)OC(C)(C)C)n(C(=O)OC(C)(C)C)n1. The van der Waals surface area contributed by atoms with Crippen LogP contribution in [0.1, 0.15) is 79.9 Å². The summed E-state index contributed by atoms with van der Waals surface area (Å²) < 4.78 is 20.8. The Kier molecular flexibility index (Phi) is 8.54. The highest BCUT2D eigenvalue weighted by molar-refractivity contribution is 6.39. The molecule has 0 radical (unpaired) electrons. The second-order valence-electron chi connectivity index (χ2n) is 9.97. The maximum absolute atomic E-state index is 13.0. The summed E-state index contributed by atoms with van der Waals surface area (Å²) in [6.45, 7) is 15.3. The van der Waals surface area contributed by atoms with Gasteiger partial charge in [0.05, 0.1) is 6.61 Å². The smallest absolute Gasteiger partial charge is 0.438 e. The summed E-state index contributed by atoms with van der Waals surface area (Å²) in [6.07, 6.45) is -3.72. The molecule has 0 aliphatic heterocycles. The summed E-state index contributed by atoms with van der Waals surface area (Å²) in [6, 6.07) is 0. The fraction of sp³-hybridized carbons (Fsp3) is 0.667. The monoisotopic (exact) mass is 484 g/mol. The molecule has 0 N–H and O–H groups in total. The Labute approximate surface area is 197 Å². The lowest BCUT2D eigenvalue weighted by molar-refractivity contribution is -0.137. The van der Waals surface area contributed by atoms with E-state index in [0.717, 1.165) is 0 Å². The van der Waals surface area contributed by atoms with Gasteiger partial charge in [0.2, 0.25) is 5.82 Å². The number of hydrogen-bond donors (Lipinski definition) is 0. The minimum Gasteiger partial charge on any atom is -0.460 e. The zero-order chi connectivity index (χ0) is 26.6. The van der Waals surface area contributed by atoms with Crippen molar-refractivity contribution in [3.8, 4) is 0 Å². The first kappa shape index (κ1) is 28.5. The molecule has 13 nitrogen and oxygen atoms in total. The van der Waals surface area contributed by atoms with E-state index in [1.807, 2.05) is 0 Å². The molecule has 1 aromatic heterocycles. The molecule has 13 heteroatoms. The van der Waals surface area contributed by atoms with E-state index in [1.165, 1.54) is 6.92 Å². The number of ketones is 1. The molecule has 2 amide bonds. The number of amides is 2. The van der Waals surface area contributed by atoms with Crippen molar-refractivity contribution >= 4 is 36.0 Å². The van der Waals surface area contributed by atoms with Crippen molar-refractivity contribution in [1.29, 1.82) is 0 Å². The van der Waals surface area contributed by atoms with Gasteiger partial charge in [-0.3, -0.25) is 4.79 Å². The van der Waals surface area contributed by atoms with Crippen LogP contribution >= 0.6 is 0 Å². The number of esters is 1. The van der Waals surface area contributed by atoms with Crippen molar-refractivity contribution in [3.05, 3.63) is 5.82 Å². The Bertz CT molecular complexity index is 934. The molecule has 0 saturated carbocycles. The normalized spacial score (nSPS) is 11.9. The highest BCUT2D eigenvalue weighted by atomic mass is 16.6. The molecular weight excluding hydrogens is 452 g/mol. The summed E-state index contributed by atoms with van der Waals surface area (Å²) in [5.41, 5.74) is -3.14. The van der Waals surface area contributed by atoms with E-state index in [-0.39, 0.29) is 11.5 Å². The molecule has 34 heavy (non-hydrogen) atoms. The number of hydrogen-bond acceptors (Lipinski definition) is 11. The molecule has 0 aliphatic carbocycles. The zero-order valence-electron chi connectivity index (χ0n) is 21.2. The van der Waals surface area contributed by atoms with Crippen LogP contribution in [-0.2, 0) is 23.7 Å². The molecule has 190 valence electrons. The van der Waals surface area contributed by atoms with Crippen molar-refractivity contribution in [1.82, 2.24) is 14.8 Å². The van der Waals surface area contributed by atoms with E-state index in [4.69, 9.17) is 14.2 Å².